The number of hydrogen-bond donors (Lipinski definition) is 0. The first-order valence-electron chi connectivity index (χ1n) is 6.52. The van der Waals surface area contributed by atoms with E-state index < -0.39 is 9.84 Å². The number of rotatable bonds is 4. The molecule has 0 bridgehead atoms. The zero-order chi connectivity index (χ0) is 14.9. The number of ether oxygens (including phenoxy) is 2. The molecule has 0 spiro atoms. The summed E-state index contributed by atoms with van der Waals surface area (Å²) in [5, 5.41) is 3.69. The summed E-state index contributed by atoms with van der Waals surface area (Å²) >= 11 is 0. The van der Waals surface area contributed by atoms with Crippen LogP contribution in [0.2, 0.25) is 0 Å². The second kappa shape index (κ2) is 5.36. The lowest BCUT2D eigenvalue weighted by Gasteiger charge is -2.18. The Balaban J connectivity index is 1.87. The Kier molecular flexibility index (Phi) is 3.54. The van der Waals surface area contributed by atoms with Crippen LogP contribution in [0.25, 0.3) is 0 Å². The maximum atomic E-state index is 12.4. The molecule has 2 aromatic rings. The number of sulfone groups is 1. The summed E-state index contributed by atoms with van der Waals surface area (Å²) in [4.78, 5) is 4.16. The minimum atomic E-state index is -3.57. The van der Waals surface area contributed by atoms with Crippen molar-refractivity contribution in [3.63, 3.8) is 0 Å². The molecule has 0 N–H and O–H groups in total. The molecular weight excluding hydrogens is 296 g/mol. The molecule has 21 heavy (non-hydrogen) atoms. The van der Waals surface area contributed by atoms with E-state index in [1.807, 2.05) is 6.92 Å². The van der Waals surface area contributed by atoms with Crippen molar-refractivity contribution in [3.05, 3.63) is 29.9 Å². The van der Waals surface area contributed by atoms with Crippen molar-refractivity contribution in [1.82, 2.24) is 10.1 Å². The van der Waals surface area contributed by atoms with E-state index in [2.05, 4.69) is 10.1 Å². The predicted octanol–water partition coefficient (Wildman–Crippen LogP) is 1.38. The SMILES string of the molecule is CCc1noc(CS(=O)(=O)c2ccc3c(c2)OCCO3)n1. The standard InChI is InChI=1S/C13H14N2O5S/c1-2-12-14-13(20-15-12)8-21(16,17)9-3-4-10-11(7-9)19-6-5-18-10/h3-4,7H,2,5-6,8H2,1H3. The normalized spacial score (nSPS) is 14.1. The lowest BCUT2D eigenvalue weighted by Crippen LogP contribution is -2.16. The molecule has 112 valence electrons. The topological polar surface area (TPSA) is 91.5 Å². The van der Waals surface area contributed by atoms with Crippen molar-refractivity contribution in [2.45, 2.75) is 24.0 Å². The van der Waals surface area contributed by atoms with Gasteiger partial charge < -0.3 is 14.0 Å². The Morgan fingerprint density at radius 2 is 1.95 bits per heavy atom. The summed E-state index contributed by atoms with van der Waals surface area (Å²) in [5.74, 6) is 1.22. The number of aryl methyl sites for hydroxylation is 1. The predicted molar refractivity (Wildman–Crippen MR) is 72.0 cm³/mol. The first kappa shape index (κ1) is 13.9. The lowest BCUT2D eigenvalue weighted by atomic mass is 10.3. The van der Waals surface area contributed by atoms with Crippen LogP contribution in [0.3, 0.4) is 0 Å². The van der Waals surface area contributed by atoms with E-state index in [0.29, 0.717) is 37.0 Å². The molecule has 0 amide bonds. The molecule has 0 atom stereocenters. The van der Waals surface area contributed by atoms with E-state index in [4.69, 9.17) is 14.0 Å². The first-order valence-corrected chi connectivity index (χ1v) is 8.17. The third-order valence-corrected chi connectivity index (χ3v) is 4.61. The van der Waals surface area contributed by atoms with Crippen molar-refractivity contribution >= 4 is 9.84 Å². The Bertz CT molecular complexity index is 754. The third-order valence-electron chi connectivity index (χ3n) is 3.01. The van der Waals surface area contributed by atoms with Gasteiger partial charge in [0, 0.05) is 12.5 Å². The van der Waals surface area contributed by atoms with Gasteiger partial charge >= 0.3 is 0 Å². The second-order valence-electron chi connectivity index (χ2n) is 4.52. The number of hydrogen-bond acceptors (Lipinski definition) is 7. The van der Waals surface area contributed by atoms with E-state index >= 15 is 0 Å². The van der Waals surface area contributed by atoms with Crippen LogP contribution < -0.4 is 9.47 Å². The van der Waals surface area contributed by atoms with Crippen molar-refractivity contribution in [2.75, 3.05) is 13.2 Å². The van der Waals surface area contributed by atoms with Crippen molar-refractivity contribution in [1.29, 1.82) is 0 Å². The summed E-state index contributed by atoms with van der Waals surface area (Å²) in [5.41, 5.74) is 0. The van der Waals surface area contributed by atoms with Crippen LogP contribution in [0, 0.1) is 0 Å². The fourth-order valence-electron chi connectivity index (χ4n) is 1.96. The van der Waals surface area contributed by atoms with Crippen molar-refractivity contribution in [2.24, 2.45) is 0 Å². The molecule has 1 aliphatic heterocycles. The van der Waals surface area contributed by atoms with Gasteiger partial charge in [-0.05, 0) is 12.1 Å². The molecule has 0 fully saturated rings. The van der Waals surface area contributed by atoms with Gasteiger partial charge in [-0.25, -0.2) is 8.42 Å². The van der Waals surface area contributed by atoms with Gasteiger partial charge in [-0.15, -0.1) is 0 Å². The average molecular weight is 310 g/mol. The van der Waals surface area contributed by atoms with Crippen LogP contribution in [0.5, 0.6) is 11.5 Å². The molecule has 2 heterocycles. The number of nitrogens with zero attached hydrogens (tertiary/aromatic N) is 2. The number of aromatic nitrogens is 2. The van der Waals surface area contributed by atoms with Gasteiger partial charge in [0.25, 0.3) is 0 Å². The van der Waals surface area contributed by atoms with Crippen molar-refractivity contribution in [3.8, 4) is 11.5 Å². The molecule has 8 heteroatoms. The molecule has 1 aromatic heterocycles. The fourth-order valence-corrected chi connectivity index (χ4v) is 3.13. The lowest BCUT2D eigenvalue weighted by molar-refractivity contribution is 0.171. The Morgan fingerprint density at radius 3 is 2.67 bits per heavy atom. The van der Waals surface area contributed by atoms with Crippen LogP contribution in [-0.4, -0.2) is 31.8 Å². The zero-order valence-corrected chi connectivity index (χ0v) is 12.2. The molecule has 3 rings (SSSR count). The Labute approximate surface area is 121 Å². The maximum Gasteiger partial charge on any atom is 0.242 e. The van der Waals surface area contributed by atoms with E-state index in [1.54, 1.807) is 6.07 Å². The van der Waals surface area contributed by atoms with Crippen LogP contribution in [0.1, 0.15) is 18.6 Å². The van der Waals surface area contributed by atoms with Crippen LogP contribution in [0.4, 0.5) is 0 Å². The van der Waals surface area contributed by atoms with Gasteiger partial charge in [-0.2, -0.15) is 4.98 Å². The first-order chi connectivity index (χ1) is 10.1. The van der Waals surface area contributed by atoms with Crippen LogP contribution in [0.15, 0.2) is 27.6 Å². The molecule has 7 nitrogen and oxygen atoms in total. The molecule has 0 saturated carbocycles. The molecule has 0 radical (unpaired) electrons. The molecular formula is C13H14N2O5S. The summed E-state index contributed by atoms with van der Waals surface area (Å²) in [6.07, 6.45) is 0.591. The maximum absolute atomic E-state index is 12.4. The summed E-state index contributed by atoms with van der Waals surface area (Å²) < 4.78 is 40.4. The minimum absolute atomic E-state index is 0.0849. The molecule has 0 aliphatic carbocycles. The summed E-state index contributed by atoms with van der Waals surface area (Å²) in [6, 6.07) is 4.54. The largest absolute Gasteiger partial charge is 0.486 e. The van der Waals surface area contributed by atoms with Gasteiger partial charge in [0.05, 0.1) is 4.90 Å². The quantitative estimate of drug-likeness (QED) is 0.842. The Morgan fingerprint density at radius 1 is 1.19 bits per heavy atom. The molecule has 1 aliphatic rings. The monoisotopic (exact) mass is 310 g/mol. The zero-order valence-electron chi connectivity index (χ0n) is 11.4. The summed E-state index contributed by atoms with van der Waals surface area (Å²) in [6.45, 7) is 2.73. The average Bonchev–Trinajstić information content (AvgIpc) is 2.93. The smallest absolute Gasteiger partial charge is 0.242 e. The van der Waals surface area contributed by atoms with Gasteiger partial charge in [0.2, 0.25) is 5.89 Å². The van der Waals surface area contributed by atoms with E-state index in [-0.39, 0.29) is 16.5 Å². The van der Waals surface area contributed by atoms with Gasteiger partial charge in [0.1, 0.15) is 19.0 Å². The highest BCUT2D eigenvalue weighted by molar-refractivity contribution is 7.90. The highest BCUT2D eigenvalue weighted by atomic mass is 32.2. The summed E-state index contributed by atoms with van der Waals surface area (Å²) in [7, 11) is -3.57. The highest BCUT2D eigenvalue weighted by Crippen LogP contribution is 2.33. The molecule has 1 aromatic carbocycles. The molecule has 0 saturated heterocycles. The number of fused-ring (bicyclic) bond motifs is 1. The van der Waals surface area contributed by atoms with Crippen molar-refractivity contribution < 1.29 is 22.4 Å². The fraction of sp³-hybridized carbons (Fsp3) is 0.385. The van der Waals surface area contributed by atoms with Gasteiger partial charge in [0.15, 0.2) is 27.2 Å². The van der Waals surface area contributed by atoms with Crippen LogP contribution >= 0.6 is 0 Å². The second-order valence-corrected chi connectivity index (χ2v) is 6.51. The third kappa shape index (κ3) is 2.85. The van der Waals surface area contributed by atoms with E-state index in [1.165, 1.54) is 12.1 Å². The van der Waals surface area contributed by atoms with Gasteiger partial charge in [-0.3, -0.25) is 0 Å². The van der Waals surface area contributed by atoms with E-state index in [9.17, 15) is 8.42 Å². The number of benzene rings is 1. The highest BCUT2D eigenvalue weighted by Gasteiger charge is 2.22. The minimum Gasteiger partial charge on any atom is -0.486 e. The Hall–Kier alpha value is -2.09. The van der Waals surface area contributed by atoms with E-state index in [0.717, 1.165) is 0 Å². The molecule has 0 unspecified atom stereocenters. The van der Waals surface area contributed by atoms with Crippen LogP contribution in [-0.2, 0) is 22.0 Å². The van der Waals surface area contributed by atoms with Gasteiger partial charge in [-0.1, -0.05) is 12.1 Å².